The van der Waals surface area contributed by atoms with Crippen LogP contribution in [0.2, 0.25) is 0 Å². The Kier molecular flexibility index (Phi) is 15.5. The molecule has 2 aliphatic heterocycles. The lowest BCUT2D eigenvalue weighted by Crippen LogP contribution is -2.51. The van der Waals surface area contributed by atoms with Gasteiger partial charge in [-0.1, -0.05) is 46.6 Å². The van der Waals surface area contributed by atoms with Gasteiger partial charge in [0.05, 0.1) is 69.9 Å². The summed E-state index contributed by atoms with van der Waals surface area (Å²) in [6.45, 7) is 6.33. The number of amides is 2. The molecule has 10 heterocycles. The minimum Gasteiger partial charge on any atom is -0.461 e. The van der Waals surface area contributed by atoms with E-state index in [0.717, 1.165) is 23.8 Å². The van der Waals surface area contributed by atoms with Crippen LogP contribution >= 0.6 is 0 Å². The molecule has 85 heavy (non-hydrogen) atoms. The average Bonchev–Trinajstić information content (AvgIpc) is 2.24. The number of esters is 2. The van der Waals surface area contributed by atoms with E-state index < -0.39 is 47.0 Å². The minimum absolute atomic E-state index is 0.0464. The number of aromatic amines is 1. The molecule has 0 spiro atoms. The van der Waals surface area contributed by atoms with Gasteiger partial charge in [0, 0.05) is 98.0 Å². The normalized spacial score (nSPS) is 13.5. The second-order valence-electron chi connectivity index (χ2n) is 19.4. The van der Waals surface area contributed by atoms with Crippen LogP contribution in [0.3, 0.4) is 0 Å². The summed E-state index contributed by atoms with van der Waals surface area (Å²) in [4.78, 5) is 96.0. The van der Waals surface area contributed by atoms with Gasteiger partial charge in [0.25, 0.3) is 23.4 Å². The number of carbonyl (C=O) groups is 6. The largest absolute Gasteiger partial charge is 0.461 e. The van der Waals surface area contributed by atoms with Crippen molar-refractivity contribution >= 4 is 69.0 Å². The van der Waals surface area contributed by atoms with Crippen LogP contribution in [0.1, 0.15) is 55.5 Å². The molecule has 0 atom stereocenters. The molecule has 0 radical (unpaired) electrons. The van der Waals surface area contributed by atoms with Crippen LogP contribution in [0.4, 0.5) is 20.7 Å². The Hall–Kier alpha value is -10.9. The quantitative estimate of drug-likeness (QED) is 0.0924. The Morgan fingerprint density at radius 3 is 1.51 bits per heavy atom. The van der Waals surface area contributed by atoms with E-state index in [1.54, 1.807) is 44.4 Å². The highest BCUT2D eigenvalue weighted by molar-refractivity contribution is 6.45. The number of carbonyl (C=O) groups excluding carboxylic acids is 6. The first-order chi connectivity index (χ1) is 41.1. The predicted molar refractivity (Wildman–Crippen MR) is 298 cm³/mol. The van der Waals surface area contributed by atoms with Gasteiger partial charge in [-0.3, -0.25) is 28.5 Å². The first-order valence-electron chi connectivity index (χ1n) is 26.7. The molecular weight excluding hydrogens is 1110 g/mol. The van der Waals surface area contributed by atoms with Crippen LogP contribution in [0.15, 0.2) is 97.6 Å². The summed E-state index contributed by atoms with van der Waals surface area (Å²) in [6.07, 6.45) is 4.64. The summed E-state index contributed by atoms with van der Waals surface area (Å²) in [7, 11) is 4.77. The summed E-state index contributed by atoms with van der Waals surface area (Å²) in [5.74, 6) is -4.78. The number of fused-ring (bicyclic) bond motifs is 2. The van der Waals surface area contributed by atoms with Crippen LogP contribution in [0, 0.1) is 11.6 Å². The van der Waals surface area contributed by atoms with Gasteiger partial charge in [-0.2, -0.15) is 19.6 Å². The standard InChI is InChI=1S/C28H27FN10O4.C27H25FN10O4/c1-4-43-27(42)21-14-20(32-36(21)3)23-24-22(19(29)15-30-23)18(16-35(24)2)25(40)26(41)37-10-12-38(13-11-37)28-31-33-34-39(28)17-8-6-5-7-9-17;1-3-42-26(41)20-13-19(32-35(20)2)22-23-21(18(28)15-30-22)17(14-29-23)24(39)25(40)36-9-11-37(12-10-36)27-31-33-34-38(27)16-7-5-4-6-8-16/h5-9,14-16H,4,10-13H2,1-3H3;4-8,13-15,29H,3,9-12H2,1-2H3. The summed E-state index contributed by atoms with van der Waals surface area (Å²) >= 11 is 0. The summed E-state index contributed by atoms with van der Waals surface area (Å²) in [5.41, 5.74) is 3.23. The van der Waals surface area contributed by atoms with E-state index in [0.29, 0.717) is 38.1 Å². The number of rotatable bonds is 14. The maximum Gasteiger partial charge on any atom is 0.356 e. The fraction of sp³-hybridized carbons (Fsp3) is 0.273. The van der Waals surface area contributed by atoms with E-state index in [1.165, 1.54) is 48.3 Å². The van der Waals surface area contributed by atoms with Gasteiger partial charge in [-0.15, -0.1) is 0 Å². The Bertz CT molecular complexity index is 4190. The molecule has 12 rings (SSSR count). The van der Waals surface area contributed by atoms with E-state index >= 15 is 8.78 Å². The number of halogens is 2. The number of hydrogen-bond donors (Lipinski definition) is 1. The van der Waals surface area contributed by atoms with E-state index in [9.17, 15) is 28.8 Å². The molecular formula is C55H52F2N20O8. The highest BCUT2D eigenvalue weighted by atomic mass is 19.1. The molecule has 2 aliphatic rings. The van der Waals surface area contributed by atoms with Crippen molar-refractivity contribution in [1.29, 1.82) is 0 Å². The van der Waals surface area contributed by atoms with Crippen molar-refractivity contribution in [2.24, 2.45) is 21.1 Å². The van der Waals surface area contributed by atoms with Gasteiger partial charge in [-0.05, 0) is 59.0 Å². The molecule has 0 saturated carbocycles. The number of benzene rings is 2. The molecule has 2 fully saturated rings. The Morgan fingerprint density at radius 1 is 0.576 bits per heavy atom. The third kappa shape index (κ3) is 10.7. The first kappa shape index (κ1) is 55.9. The molecule has 1 N–H and O–H groups in total. The molecule has 434 valence electrons. The number of anilines is 2. The SMILES string of the molecule is CCOC(=O)c1cc(-c2ncc(F)c3c(C(=O)C(=O)N4CCN(c5nnnn5-c5ccccc5)CC4)c[nH]c23)nn1C.CCOC(=O)c1cc(-c2ncc(F)c3c(C(=O)C(=O)N4CCN(c5nnnn5-c5ccccc5)CC4)cn(C)c23)nn1C. The Balaban J connectivity index is 0.000000177. The zero-order valence-electron chi connectivity index (χ0n) is 46.3. The van der Waals surface area contributed by atoms with Crippen LogP contribution in [-0.2, 0) is 40.2 Å². The number of Topliss-reactive ketones (excluding diaryl/α,β-unsaturated/α-hetero) is 2. The molecule has 2 aromatic carbocycles. The van der Waals surface area contributed by atoms with Crippen LogP contribution in [0.25, 0.3) is 56.0 Å². The van der Waals surface area contributed by atoms with Gasteiger partial charge in [0.15, 0.2) is 11.6 Å². The lowest BCUT2D eigenvalue weighted by molar-refractivity contribution is -0.127. The first-order valence-corrected chi connectivity index (χ1v) is 26.7. The zero-order valence-corrected chi connectivity index (χ0v) is 46.3. The number of nitrogens with one attached hydrogen (secondary N) is 1. The molecule has 10 aromatic rings. The number of ketones is 2. The van der Waals surface area contributed by atoms with Gasteiger partial charge in [0.2, 0.25) is 11.9 Å². The Morgan fingerprint density at radius 2 is 1.02 bits per heavy atom. The lowest BCUT2D eigenvalue weighted by atomic mass is 10.1. The molecule has 0 bridgehead atoms. The van der Waals surface area contributed by atoms with Crippen molar-refractivity contribution in [3.63, 3.8) is 0 Å². The Labute approximate surface area is 480 Å². The number of aryl methyl sites for hydroxylation is 3. The molecule has 28 nitrogen and oxygen atoms in total. The fourth-order valence-corrected chi connectivity index (χ4v) is 10.2. The van der Waals surface area contributed by atoms with E-state index in [4.69, 9.17) is 9.47 Å². The topological polar surface area (TPSA) is 303 Å². The second-order valence-corrected chi connectivity index (χ2v) is 19.4. The molecule has 30 heteroatoms. The smallest absolute Gasteiger partial charge is 0.356 e. The molecule has 0 aliphatic carbocycles. The van der Waals surface area contributed by atoms with Crippen molar-refractivity contribution < 1.29 is 47.0 Å². The lowest BCUT2D eigenvalue weighted by Gasteiger charge is -2.34. The highest BCUT2D eigenvalue weighted by Crippen LogP contribution is 2.34. The fourth-order valence-electron chi connectivity index (χ4n) is 10.2. The molecule has 2 amide bonds. The van der Waals surface area contributed by atoms with E-state index in [1.807, 2.05) is 70.5 Å². The third-order valence-electron chi connectivity index (χ3n) is 14.3. The molecule has 8 aromatic heterocycles. The number of hydrogen-bond acceptors (Lipinski definition) is 20. The number of nitrogens with zero attached hydrogens (tertiary/aromatic N) is 19. The van der Waals surface area contributed by atoms with Crippen molar-refractivity contribution in [2.75, 3.05) is 75.4 Å². The van der Waals surface area contributed by atoms with Crippen molar-refractivity contribution in [3.05, 3.63) is 132 Å². The average molecular weight is 1160 g/mol. The minimum atomic E-state index is -0.854. The van der Waals surface area contributed by atoms with E-state index in [2.05, 4.69) is 56.2 Å². The highest BCUT2D eigenvalue weighted by Gasteiger charge is 2.34. The van der Waals surface area contributed by atoms with Crippen LogP contribution in [0.5, 0.6) is 0 Å². The van der Waals surface area contributed by atoms with Crippen LogP contribution < -0.4 is 9.80 Å². The van der Waals surface area contributed by atoms with Gasteiger partial charge >= 0.3 is 11.9 Å². The third-order valence-corrected chi connectivity index (χ3v) is 14.3. The predicted octanol–water partition coefficient (Wildman–Crippen LogP) is 3.58. The number of para-hydroxylation sites is 2. The second kappa shape index (κ2) is 23.5. The number of pyridine rings is 2. The number of aromatic nitrogens is 16. The maximum atomic E-state index is 15.2. The molecule has 0 unspecified atom stereocenters. The number of piperazine rings is 2. The van der Waals surface area contributed by atoms with Crippen molar-refractivity contribution in [2.45, 2.75) is 13.8 Å². The number of ether oxygens (including phenoxy) is 2. The van der Waals surface area contributed by atoms with Gasteiger partial charge in [0.1, 0.15) is 34.2 Å². The number of H-pyrrole nitrogens is 1. The summed E-state index contributed by atoms with van der Waals surface area (Å²) in [5, 5.41) is 32.6. The maximum absolute atomic E-state index is 15.2. The van der Waals surface area contributed by atoms with Crippen molar-refractivity contribution in [3.8, 4) is 34.2 Å². The van der Waals surface area contributed by atoms with E-state index in [-0.39, 0.29) is 106 Å². The zero-order chi connectivity index (χ0) is 59.6. The summed E-state index contributed by atoms with van der Waals surface area (Å²) in [6, 6.07) is 21.8. The molecule has 2 saturated heterocycles. The summed E-state index contributed by atoms with van der Waals surface area (Å²) < 4.78 is 47.9. The van der Waals surface area contributed by atoms with Crippen molar-refractivity contribution in [1.82, 2.24) is 89.3 Å². The monoisotopic (exact) mass is 1160 g/mol. The van der Waals surface area contributed by atoms with Gasteiger partial charge < -0.3 is 38.6 Å². The van der Waals surface area contributed by atoms with Crippen LogP contribution in [-0.4, -0.2) is 190 Å². The number of tetrazole rings is 2. The van der Waals surface area contributed by atoms with Gasteiger partial charge in [-0.25, -0.2) is 28.3 Å².